The Morgan fingerprint density at radius 1 is 1.27 bits per heavy atom. The maximum atomic E-state index is 7.90. The van der Waals surface area contributed by atoms with Gasteiger partial charge in [0.05, 0.1) is 13.2 Å². The number of hydrogen-bond acceptors (Lipinski definition) is 4. The number of aliphatic hydroxyl groups excluding tert-OH is 1. The molecule has 3 N–H and O–H groups in total. The van der Waals surface area contributed by atoms with Crippen LogP contribution in [0.2, 0.25) is 2.82 Å². The summed E-state index contributed by atoms with van der Waals surface area (Å²) in [4.78, 5) is 0. The number of hydrogen-bond donors (Lipinski definition) is 3. The molecule has 0 fully saturated rings. The van der Waals surface area contributed by atoms with Crippen molar-refractivity contribution in [1.29, 1.82) is 1.43 Å². The van der Waals surface area contributed by atoms with Crippen LogP contribution in [-0.4, -0.2) is 52.0 Å². The van der Waals surface area contributed by atoms with Gasteiger partial charge in [-0.25, -0.2) is 0 Å². The minimum Gasteiger partial charge on any atom is -0.395 e. The molecule has 0 bridgehead atoms. The summed E-state index contributed by atoms with van der Waals surface area (Å²) in [6, 6.07) is -0.0192. The van der Waals surface area contributed by atoms with Crippen LogP contribution >= 0.6 is 0 Å². The molecule has 15 heavy (non-hydrogen) atoms. The second-order valence-corrected chi connectivity index (χ2v) is 3.56. The Morgan fingerprint density at radius 2 is 1.87 bits per heavy atom. The normalized spacial score (nSPS) is 18.6. The van der Waals surface area contributed by atoms with Gasteiger partial charge in [0.15, 0.2) is 0 Å². The van der Waals surface area contributed by atoms with Crippen LogP contribution in [0.5, 0.6) is 0 Å². The Labute approximate surface area is 97.8 Å². The monoisotopic (exact) mass is 221 g/mol. The molecule has 0 aliphatic carbocycles. The van der Waals surface area contributed by atoms with Gasteiger partial charge in [-0.1, -0.05) is 13.8 Å². The zero-order valence-electron chi connectivity index (χ0n) is 13.1. The van der Waals surface area contributed by atoms with Gasteiger partial charge in [-0.2, -0.15) is 0 Å². The van der Waals surface area contributed by atoms with Crippen LogP contribution in [0.15, 0.2) is 0 Å². The van der Waals surface area contributed by atoms with Crippen molar-refractivity contribution < 1.29 is 12.7 Å². The van der Waals surface area contributed by atoms with Gasteiger partial charge in [-0.15, -0.1) is 0 Å². The maximum absolute atomic E-state index is 7.90. The largest absolute Gasteiger partial charge is 0.395 e. The first kappa shape index (κ1) is 10.0. The van der Waals surface area contributed by atoms with E-state index in [1.807, 2.05) is 13.8 Å². The quantitative estimate of drug-likeness (QED) is 0.471. The highest BCUT2D eigenvalue weighted by Crippen LogP contribution is 1.91. The van der Waals surface area contributed by atoms with E-state index >= 15 is 0 Å². The molecule has 0 aliphatic rings. The van der Waals surface area contributed by atoms with Crippen molar-refractivity contribution in [1.82, 2.24) is 10.6 Å². The summed E-state index contributed by atoms with van der Waals surface area (Å²) in [6.07, 6.45) is 1.61. The lowest BCUT2D eigenvalue weighted by Gasteiger charge is -2.18. The third-order valence-electron chi connectivity index (χ3n) is 2.37. The fraction of sp³-hybridized carbons (Fsp3) is 1.00. The van der Waals surface area contributed by atoms with E-state index in [1.54, 1.807) is 7.11 Å². The van der Waals surface area contributed by atoms with E-state index in [9.17, 15) is 0 Å². The van der Waals surface area contributed by atoms with Crippen LogP contribution in [-0.2, 0) is 4.74 Å². The molecule has 0 amide bonds. The lowest BCUT2D eigenvalue weighted by Crippen LogP contribution is -2.41. The molecule has 0 spiro atoms. The van der Waals surface area contributed by atoms with E-state index in [0.717, 1.165) is 12.8 Å². The first-order valence-corrected chi connectivity index (χ1v) is 5.68. The fourth-order valence-electron chi connectivity index (χ4n) is 1.27. The molecule has 0 rings (SSSR count). The SMILES string of the molecule is [2H]OC[C@H](CC)N([2H])CCN([2H])[C@@H](CC)COC. The van der Waals surface area contributed by atoms with E-state index in [2.05, 4.69) is 5.11 Å². The van der Waals surface area contributed by atoms with Crippen molar-refractivity contribution in [2.24, 2.45) is 0 Å². The molecule has 0 saturated carbocycles. The second kappa shape index (κ2) is 10.4. The van der Waals surface area contributed by atoms with E-state index < -0.39 is 0 Å². The molecule has 0 unspecified atom stereocenters. The molecule has 0 aromatic rings. The number of aliphatic hydroxyl groups is 1. The van der Waals surface area contributed by atoms with Crippen molar-refractivity contribution in [2.75, 3.05) is 33.4 Å². The third kappa shape index (κ3) is 7.73. The van der Waals surface area contributed by atoms with Gasteiger partial charge in [0, 0.05) is 32.3 Å². The van der Waals surface area contributed by atoms with Gasteiger partial charge < -0.3 is 20.5 Å². The van der Waals surface area contributed by atoms with Gasteiger partial charge in [-0.05, 0) is 12.8 Å². The Morgan fingerprint density at radius 3 is 2.33 bits per heavy atom. The minimum absolute atomic E-state index is 0.0656. The second-order valence-electron chi connectivity index (χ2n) is 3.56. The fourth-order valence-corrected chi connectivity index (χ4v) is 1.27. The molecular formula is C11H26N2O2. The van der Waals surface area contributed by atoms with Gasteiger partial charge in [0.25, 0.3) is 0 Å². The summed E-state index contributed by atoms with van der Waals surface area (Å²) >= 11 is 0. The zero-order valence-corrected chi connectivity index (χ0v) is 10.1. The molecule has 4 nitrogen and oxygen atoms in total. The van der Waals surface area contributed by atoms with Crippen LogP contribution in [0.25, 0.3) is 0 Å². The average Bonchev–Trinajstić information content (AvgIpc) is 2.38. The maximum Gasteiger partial charge on any atom is 0.210 e. The molecular weight excluding hydrogens is 192 g/mol. The summed E-state index contributed by atoms with van der Waals surface area (Å²) in [6.45, 7) is 5.69. The zero-order chi connectivity index (χ0) is 14.0. The van der Waals surface area contributed by atoms with E-state index in [-0.39, 0.29) is 18.7 Å². The van der Waals surface area contributed by atoms with Crippen molar-refractivity contribution in [3.63, 3.8) is 0 Å². The Hall–Kier alpha value is -0.160. The number of methoxy groups -OCH3 is 1. The standard InChI is InChI=1S/C11H26N2O2/c1-4-10(8-14)12-6-7-13-11(5-2)9-15-3/h10-14H,4-9H2,1-3H3/t10-,11-/m0/s1/i14D/hD2. The minimum atomic E-state index is -0.0848. The first-order valence-electron chi connectivity index (χ1n) is 6.98. The Balaban J connectivity index is 4.04. The van der Waals surface area contributed by atoms with Crippen LogP contribution in [0.1, 0.15) is 26.7 Å². The van der Waals surface area contributed by atoms with E-state index in [1.165, 1.54) is 10.6 Å². The summed E-state index contributed by atoms with van der Waals surface area (Å²) in [5.41, 5.74) is 0. The van der Waals surface area contributed by atoms with E-state index in [4.69, 9.17) is 8.99 Å². The topological polar surface area (TPSA) is 53.5 Å². The number of ether oxygens (including phenoxy) is 1. The molecule has 92 valence electrons. The molecule has 0 aliphatic heterocycles. The highest BCUT2D eigenvalue weighted by molar-refractivity contribution is 4.67. The number of rotatable bonds is 11. The molecule has 2 atom stereocenters. The predicted octanol–water partition coefficient (Wildman–Crippen LogP) is 0.362. The summed E-state index contributed by atoms with van der Waals surface area (Å²) < 4.78 is 27.5. The smallest absolute Gasteiger partial charge is 0.210 e. The summed E-state index contributed by atoms with van der Waals surface area (Å²) in [5.74, 6) is 0. The number of nitrogens with one attached hydrogen (secondary N) is 2. The Bertz CT molecular complexity index is 181. The van der Waals surface area contributed by atoms with Crippen molar-refractivity contribution >= 4 is 0 Å². The van der Waals surface area contributed by atoms with Gasteiger partial charge in [-0.3, -0.25) is 0 Å². The van der Waals surface area contributed by atoms with Crippen molar-refractivity contribution in [3.8, 4) is 0 Å². The Kier molecular flexibility index (Phi) is 6.92. The average molecular weight is 221 g/mol. The first-order chi connectivity index (χ1) is 8.60. The summed E-state index contributed by atoms with van der Waals surface area (Å²) in [5, 5.41) is 7.21. The van der Waals surface area contributed by atoms with E-state index in [0.29, 0.717) is 19.7 Å². The highest BCUT2D eigenvalue weighted by Gasteiger charge is 2.05. The van der Waals surface area contributed by atoms with Gasteiger partial charge in [0.2, 0.25) is 1.43 Å². The molecule has 0 saturated heterocycles. The van der Waals surface area contributed by atoms with Gasteiger partial charge >= 0.3 is 0 Å². The molecule has 0 radical (unpaired) electrons. The van der Waals surface area contributed by atoms with Gasteiger partial charge in [0.1, 0.15) is 2.82 Å². The van der Waals surface area contributed by atoms with Crippen molar-refractivity contribution in [3.05, 3.63) is 0 Å². The molecule has 0 heterocycles. The summed E-state index contributed by atoms with van der Waals surface area (Å²) in [7, 11) is 1.63. The van der Waals surface area contributed by atoms with Crippen molar-refractivity contribution in [2.45, 2.75) is 38.8 Å². The molecule has 0 aromatic heterocycles. The van der Waals surface area contributed by atoms with Crippen LogP contribution < -0.4 is 10.6 Å². The van der Waals surface area contributed by atoms with Crippen LogP contribution in [0.3, 0.4) is 0 Å². The highest BCUT2D eigenvalue weighted by atomic mass is 16.5. The lowest BCUT2D eigenvalue weighted by atomic mass is 10.2. The third-order valence-corrected chi connectivity index (χ3v) is 2.37. The predicted molar refractivity (Wildman–Crippen MR) is 63.1 cm³/mol. The van der Waals surface area contributed by atoms with Crippen LogP contribution in [0, 0.1) is 0 Å². The molecule has 0 aromatic carbocycles. The lowest BCUT2D eigenvalue weighted by molar-refractivity contribution is 0.164. The van der Waals surface area contributed by atoms with Crippen LogP contribution in [0.4, 0.5) is 0 Å². The molecule has 4 heteroatoms.